The first-order valence-electron chi connectivity index (χ1n) is 8.42. The minimum Gasteiger partial charge on any atom is -0.496 e. The van der Waals surface area contributed by atoms with Crippen molar-refractivity contribution in [2.75, 3.05) is 14.2 Å². The van der Waals surface area contributed by atoms with Crippen molar-refractivity contribution >= 4 is 17.1 Å². The molecule has 3 N–H and O–H groups in total. The number of aromatic amines is 2. The molecule has 0 saturated carbocycles. The van der Waals surface area contributed by atoms with Crippen LogP contribution in [0.15, 0.2) is 41.2 Å². The van der Waals surface area contributed by atoms with Gasteiger partial charge in [-0.25, -0.2) is 9.78 Å². The van der Waals surface area contributed by atoms with E-state index in [2.05, 4.69) is 25.4 Å². The van der Waals surface area contributed by atoms with Gasteiger partial charge in [0.15, 0.2) is 5.52 Å². The van der Waals surface area contributed by atoms with Crippen molar-refractivity contribution in [3.63, 3.8) is 0 Å². The third-order valence-corrected chi connectivity index (χ3v) is 4.39. The lowest BCUT2D eigenvalue weighted by atomic mass is 9.99. The van der Waals surface area contributed by atoms with Crippen LogP contribution in [0.25, 0.3) is 33.7 Å². The highest BCUT2D eigenvalue weighted by atomic mass is 16.5. The second-order valence-electron chi connectivity index (χ2n) is 6.05. The van der Waals surface area contributed by atoms with Gasteiger partial charge in [0.2, 0.25) is 5.65 Å². The fraction of sp³-hybridized carbons (Fsp3) is 0.105. The summed E-state index contributed by atoms with van der Waals surface area (Å²) in [6.45, 7) is 0. The molecule has 4 aromatic rings. The van der Waals surface area contributed by atoms with Crippen LogP contribution in [0.4, 0.5) is 0 Å². The molecule has 10 nitrogen and oxygen atoms in total. The fourth-order valence-corrected chi connectivity index (χ4v) is 3.01. The molecule has 29 heavy (non-hydrogen) atoms. The molecular weight excluding hydrogens is 378 g/mol. The van der Waals surface area contributed by atoms with Gasteiger partial charge in [-0.2, -0.15) is 5.21 Å². The normalized spacial score (nSPS) is 10.8. The molecule has 0 aliphatic heterocycles. The molecule has 2 heterocycles. The molecule has 2 aromatic heterocycles. The van der Waals surface area contributed by atoms with Crippen LogP contribution in [0.2, 0.25) is 0 Å². The Balaban J connectivity index is 1.88. The molecule has 0 atom stereocenters. The van der Waals surface area contributed by atoms with Gasteiger partial charge in [0, 0.05) is 5.56 Å². The number of aromatic carboxylic acids is 1. The van der Waals surface area contributed by atoms with Crippen molar-refractivity contribution in [3.8, 4) is 34.0 Å². The SMILES string of the molecule is COc1cc(-c2nc3n[nH]nc3c(=O)[nH]2)cc(OC)c1-c1ccc(C(=O)O)cc1. The largest absolute Gasteiger partial charge is 0.496 e. The van der Waals surface area contributed by atoms with Gasteiger partial charge in [-0.05, 0) is 29.8 Å². The maximum Gasteiger partial charge on any atom is 0.335 e. The second-order valence-corrected chi connectivity index (χ2v) is 6.05. The number of nitrogens with one attached hydrogen (secondary N) is 2. The lowest BCUT2D eigenvalue weighted by Gasteiger charge is -2.15. The van der Waals surface area contributed by atoms with Crippen molar-refractivity contribution in [1.29, 1.82) is 0 Å². The summed E-state index contributed by atoms with van der Waals surface area (Å²) in [4.78, 5) is 30.3. The number of carbonyl (C=O) groups is 1. The number of hydrogen-bond donors (Lipinski definition) is 3. The summed E-state index contributed by atoms with van der Waals surface area (Å²) < 4.78 is 11.1. The number of rotatable bonds is 5. The van der Waals surface area contributed by atoms with Crippen molar-refractivity contribution < 1.29 is 19.4 Å². The van der Waals surface area contributed by atoms with Gasteiger partial charge in [-0.1, -0.05) is 12.1 Å². The predicted octanol–water partition coefficient (Wildman–Crippen LogP) is 2.09. The minimum absolute atomic E-state index is 0.114. The Morgan fingerprint density at radius 2 is 1.66 bits per heavy atom. The van der Waals surface area contributed by atoms with Crippen LogP contribution in [-0.4, -0.2) is 50.7 Å². The number of fused-ring (bicyclic) bond motifs is 1. The number of methoxy groups -OCH3 is 2. The summed E-state index contributed by atoms with van der Waals surface area (Å²) in [6, 6.07) is 9.75. The van der Waals surface area contributed by atoms with Crippen molar-refractivity contribution in [2.24, 2.45) is 0 Å². The highest BCUT2D eigenvalue weighted by molar-refractivity contribution is 5.89. The molecule has 146 valence electrons. The van der Waals surface area contributed by atoms with Crippen LogP contribution in [0.5, 0.6) is 11.5 Å². The first-order valence-corrected chi connectivity index (χ1v) is 8.42. The number of carboxylic acid groups (broad SMARTS) is 1. The molecule has 4 rings (SSSR count). The molecule has 10 heteroatoms. The van der Waals surface area contributed by atoms with Crippen molar-refractivity contribution in [3.05, 3.63) is 52.3 Å². The van der Waals surface area contributed by atoms with E-state index in [1.165, 1.54) is 26.4 Å². The molecular formula is C19H15N5O5. The zero-order valence-corrected chi connectivity index (χ0v) is 15.4. The lowest BCUT2D eigenvalue weighted by Crippen LogP contribution is -2.09. The predicted molar refractivity (Wildman–Crippen MR) is 103 cm³/mol. The molecule has 0 bridgehead atoms. The number of benzene rings is 2. The van der Waals surface area contributed by atoms with Gasteiger partial charge in [0.25, 0.3) is 5.56 Å². The zero-order valence-electron chi connectivity index (χ0n) is 15.4. The third kappa shape index (κ3) is 3.16. The molecule has 0 radical (unpaired) electrons. The molecule has 0 aliphatic rings. The highest BCUT2D eigenvalue weighted by Gasteiger charge is 2.18. The van der Waals surface area contributed by atoms with Crippen LogP contribution in [0.1, 0.15) is 10.4 Å². The van der Waals surface area contributed by atoms with E-state index in [1.807, 2.05) is 0 Å². The van der Waals surface area contributed by atoms with E-state index < -0.39 is 11.5 Å². The van der Waals surface area contributed by atoms with Gasteiger partial charge in [0.1, 0.15) is 17.3 Å². The summed E-state index contributed by atoms with van der Waals surface area (Å²) in [5.74, 6) is 0.195. The maximum absolute atomic E-state index is 12.2. The Bertz CT molecular complexity index is 1250. The van der Waals surface area contributed by atoms with Crippen LogP contribution in [-0.2, 0) is 0 Å². The Labute approximate surface area is 163 Å². The van der Waals surface area contributed by atoms with Crippen LogP contribution >= 0.6 is 0 Å². The van der Waals surface area contributed by atoms with Gasteiger partial charge in [-0.3, -0.25) is 4.79 Å². The van der Waals surface area contributed by atoms with Crippen LogP contribution in [0.3, 0.4) is 0 Å². The number of ether oxygens (including phenoxy) is 2. The molecule has 2 aromatic carbocycles. The molecule has 0 aliphatic carbocycles. The van der Waals surface area contributed by atoms with E-state index in [9.17, 15) is 9.59 Å². The zero-order chi connectivity index (χ0) is 20.5. The van der Waals surface area contributed by atoms with Crippen molar-refractivity contribution in [2.45, 2.75) is 0 Å². The van der Waals surface area contributed by atoms with E-state index in [0.717, 1.165) is 0 Å². The smallest absolute Gasteiger partial charge is 0.335 e. The summed E-state index contributed by atoms with van der Waals surface area (Å²) in [7, 11) is 3.01. The Kier molecular flexibility index (Phi) is 4.43. The Hall–Kier alpha value is -4.21. The monoisotopic (exact) mass is 393 g/mol. The molecule has 0 spiro atoms. The first kappa shape index (κ1) is 18.2. The van der Waals surface area contributed by atoms with Crippen LogP contribution in [0, 0.1) is 0 Å². The standard InChI is InChI=1S/C19H15N5O5/c1-28-12-7-11(16-20-17-15(18(25)21-16)22-24-23-17)8-13(29-2)14(12)9-3-5-10(6-4-9)19(26)27/h3-8H,1-2H3,(H,26,27)(H2,20,21,22,23,24,25). The highest BCUT2D eigenvalue weighted by Crippen LogP contribution is 2.41. The lowest BCUT2D eigenvalue weighted by molar-refractivity contribution is 0.0697. The van der Waals surface area contributed by atoms with Gasteiger partial charge in [0.05, 0.1) is 25.3 Å². The van der Waals surface area contributed by atoms with Crippen molar-refractivity contribution in [1.82, 2.24) is 25.4 Å². The van der Waals surface area contributed by atoms with E-state index in [4.69, 9.17) is 14.6 Å². The molecule has 0 amide bonds. The van der Waals surface area contributed by atoms with E-state index >= 15 is 0 Å². The summed E-state index contributed by atoms with van der Waals surface area (Å²) >= 11 is 0. The number of aromatic nitrogens is 5. The summed E-state index contributed by atoms with van der Waals surface area (Å²) in [5.41, 5.74) is 1.95. The minimum atomic E-state index is -1.01. The number of hydrogen-bond acceptors (Lipinski definition) is 7. The van der Waals surface area contributed by atoms with E-state index in [1.54, 1.807) is 24.3 Å². The quantitative estimate of drug-likeness (QED) is 0.468. The van der Waals surface area contributed by atoms with Gasteiger partial charge in [-0.15, -0.1) is 10.2 Å². The topological polar surface area (TPSA) is 143 Å². The van der Waals surface area contributed by atoms with E-state index in [0.29, 0.717) is 28.2 Å². The fourth-order valence-electron chi connectivity index (χ4n) is 3.01. The van der Waals surface area contributed by atoms with Gasteiger partial charge < -0.3 is 19.6 Å². The average molecular weight is 393 g/mol. The third-order valence-electron chi connectivity index (χ3n) is 4.39. The van der Waals surface area contributed by atoms with Gasteiger partial charge >= 0.3 is 5.97 Å². The molecule has 0 unspecified atom stereocenters. The molecule has 0 fully saturated rings. The average Bonchev–Trinajstić information content (AvgIpc) is 3.22. The summed E-state index contributed by atoms with van der Waals surface area (Å²) in [6.07, 6.45) is 0. The number of carboxylic acids is 1. The maximum atomic E-state index is 12.2. The molecule has 0 saturated heterocycles. The summed E-state index contributed by atoms with van der Waals surface area (Å²) in [5, 5.41) is 19.1. The Morgan fingerprint density at radius 1 is 1.00 bits per heavy atom. The first-order chi connectivity index (χ1) is 14.0. The van der Waals surface area contributed by atoms with E-state index in [-0.39, 0.29) is 22.6 Å². The second kappa shape index (κ2) is 7.08. The number of nitrogens with zero attached hydrogens (tertiary/aromatic N) is 3. The Morgan fingerprint density at radius 3 is 2.24 bits per heavy atom. The number of H-pyrrole nitrogens is 2. The van der Waals surface area contributed by atoms with Crippen LogP contribution < -0.4 is 15.0 Å².